The summed E-state index contributed by atoms with van der Waals surface area (Å²) in [6, 6.07) is 22.3. The summed E-state index contributed by atoms with van der Waals surface area (Å²) in [6.45, 7) is 6.89. The van der Waals surface area contributed by atoms with Crippen molar-refractivity contribution in [1.82, 2.24) is 39.0 Å². The summed E-state index contributed by atoms with van der Waals surface area (Å²) < 4.78 is 19.1. The predicted octanol–water partition coefficient (Wildman–Crippen LogP) is 4.63. The van der Waals surface area contributed by atoms with Gasteiger partial charge in [-0.2, -0.15) is 0 Å². The zero-order valence-corrected chi connectivity index (χ0v) is 28.4. The molecule has 4 aromatic heterocycles. The summed E-state index contributed by atoms with van der Waals surface area (Å²) >= 11 is 0. The molecular formula is C39H39FN8O3. The van der Waals surface area contributed by atoms with Crippen LogP contribution in [0.2, 0.25) is 0 Å². The molecule has 0 atom stereocenters. The first-order chi connectivity index (χ1) is 24.8. The van der Waals surface area contributed by atoms with Crippen LogP contribution in [0, 0.1) is 12.7 Å². The van der Waals surface area contributed by atoms with Crippen LogP contribution < -0.4 is 21.9 Å². The van der Waals surface area contributed by atoms with E-state index in [0.717, 1.165) is 61.8 Å². The van der Waals surface area contributed by atoms with Gasteiger partial charge < -0.3 is 15.0 Å². The van der Waals surface area contributed by atoms with Crippen molar-refractivity contribution >= 4 is 22.6 Å². The Labute approximate surface area is 293 Å². The van der Waals surface area contributed by atoms with Crippen LogP contribution >= 0.6 is 0 Å². The number of hydrogen-bond donors (Lipinski definition) is 2. The lowest BCUT2D eigenvalue weighted by molar-refractivity contribution is 0.0917. The number of benzene rings is 2. The van der Waals surface area contributed by atoms with Crippen molar-refractivity contribution in [2.75, 3.05) is 26.2 Å². The van der Waals surface area contributed by atoms with Crippen LogP contribution in [0.3, 0.4) is 0 Å². The minimum atomic E-state index is -0.653. The number of carbonyl (C=O) groups is 1. The Hall–Kier alpha value is -5.46. The van der Waals surface area contributed by atoms with Gasteiger partial charge >= 0.3 is 5.69 Å². The van der Waals surface area contributed by atoms with Crippen molar-refractivity contribution in [2.24, 2.45) is 0 Å². The van der Waals surface area contributed by atoms with Crippen molar-refractivity contribution in [2.45, 2.75) is 51.2 Å². The topological polar surface area (TPSA) is 119 Å². The summed E-state index contributed by atoms with van der Waals surface area (Å²) in [7, 11) is 0. The van der Waals surface area contributed by atoms with E-state index in [1.165, 1.54) is 14.7 Å². The second kappa shape index (κ2) is 13.7. The molecule has 12 heteroatoms. The molecule has 1 aliphatic heterocycles. The van der Waals surface area contributed by atoms with Crippen molar-refractivity contribution in [3.63, 3.8) is 0 Å². The third kappa shape index (κ3) is 6.48. The smallest absolute Gasteiger partial charge is 0.337 e. The maximum absolute atomic E-state index is 14.5. The molecule has 2 aliphatic rings. The van der Waals surface area contributed by atoms with Gasteiger partial charge in [-0.1, -0.05) is 42.5 Å². The lowest BCUT2D eigenvalue weighted by atomic mass is 9.90. The van der Waals surface area contributed by atoms with Crippen molar-refractivity contribution < 1.29 is 9.18 Å². The van der Waals surface area contributed by atoms with Crippen LogP contribution in [0.5, 0.6) is 0 Å². The molecule has 260 valence electrons. The highest BCUT2D eigenvalue weighted by Crippen LogP contribution is 2.29. The molecule has 1 amide bonds. The first kappa shape index (κ1) is 32.7. The van der Waals surface area contributed by atoms with Gasteiger partial charge in [-0.25, -0.2) is 23.7 Å². The number of pyridine rings is 2. The first-order valence-electron chi connectivity index (χ1n) is 17.5. The van der Waals surface area contributed by atoms with E-state index in [2.05, 4.69) is 49.8 Å². The zero-order chi connectivity index (χ0) is 35.1. The van der Waals surface area contributed by atoms with E-state index in [-0.39, 0.29) is 23.0 Å². The summed E-state index contributed by atoms with van der Waals surface area (Å²) in [4.78, 5) is 52.5. The van der Waals surface area contributed by atoms with E-state index in [0.29, 0.717) is 42.7 Å². The molecule has 51 heavy (non-hydrogen) atoms. The third-order valence-electron chi connectivity index (χ3n) is 10.2. The van der Waals surface area contributed by atoms with Crippen LogP contribution in [0.1, 0.15) is 53.5 Å². The quantitative estimate of drug-likeness (QED) is 0.252. The molecule has 0 radical (unpaired) electrons. The van der Waals surface area contributed by atoms with Crippen LogP contribution in [-0.4, -0.2) is 66.5 Å². The van der Waals surface area contributed by atoms with Gasteiger partial charge in [-0.05, 0) is 79.6 Å². The number of piperazine rings is 1. The van der Waals surface area contributed by atoms with Gasteiger partial charge in [0.15, 0.2) is 5.65 Å². The van der Waals surface area contributed by atoms with Crippen molar-refractivity contribution in [1.29, 1.82) is 0 Å². The maximum Gasteiger partial charge on any atom is 0.337 e. The number of halogens is 1. The molecule has 5 heterocycles. The fourth-order valence-corrected chi connectivity index (χ4v) is 7.49. The van der Waals surface area contributed by atoms with Gasteiger partial charge in [-0.15, -0.1) is 0 Å². The average Bonchev–Trinajstić information content (AvgIpc) is 3.60. The van der Waals surface area contributed by atoms with E-state index >= 15 is 0 Å². The van der Waals surface area contributed by atoms with Gasteiger partial charge in [0, 0.05) is 56.7 Å². The van der Waals surface area contributed by atoms with E-state index in [4.69, 9.17) is 0 Å². The number of imidazole rings is 1. The Morgan fingerprint density at radius 2 is 1.71 bits per heavy atom. The number of aromatic nitrogens is 5. The minimum absolute atomic E-state index is 0.0369. The molecule has 11 nitrogen and oxygen atoms in total. The number of hydrogen-bond acceptors (Lipinski definition) is 7. The van der Waals surface area contributed by atoms with Crippen molar-refractivity contribution in [3.8, 4) is 16.8 Å². The van der Waals surface area contributed by atoms with Gasteiger partial charge in [0.25, 0.3) is 11.5 Å². The molecule has 1 saturated heterocycles. The molecular weight excluding hydrogens is 647 g/mol. The summed E-state index contributed by atoms with van der Waals surface area (Å²) in [5.41, 5.74) is 4.68. The fraction of sp³-hybridized carbons (Fsp3) is 0.308. The normalized spacial score (nSPS) is 18.3. The maximum atomic E-state index is 14.5. The minimum Gasteiger partial charge on any atom is -0.348 e. The van der Waals surface area contributed by atoms with E-state index in [1.807, 2.05) is 47.7 Å². The standard InChI is InChI=1S/C39H39FN8O3/c1-25-4-2-7-35-44-34(24-46(25)35)37(49)43-30-12-14-31(15-13-30)48-38(50)33-21-29(40)22-42-36(33)47(39(48)51)32-6-3-5-28(20-32)27-10-8-26(9-11-27)23-45-18-16-41-17-19-45/h2-11,20-22,24,30-31,41H,12-19,23H2,1H3,(H,43,49). The molecule has 0 bridgehead atoms. The molecule has 6 aromatic rings. The summed E-state index contributed by atoms with van der Waals surface area (Å²) in [5, 5.41) is 6.51. The molecule has 2 aromatic carbocycles. The van der Waals surface area contributed by atoms with Crippen LogP contribution in [0.4, 0.5) is 4.39 Å². The summed E-state index contributed by atoms with van der Waals surface area (Å²) in [5.74, 6) is -0.915. The Bertz CT molecular complexity index is 2370. The second-order valence-corrected chi connectivity index (χ2v) is 13.6. The highest BCUT2D eigenvalue weighted by molar-refractivity contribution is 5.93. The van der Waals surface area contributed by atoms with Gasteiger partial charge in [0.1, 0.15) is 17.2 Å². The Morgan fingerprint density at radius 1 is 0.941 bits per heavy atom. The van der Waals surface area contributed by atoms with Crippen molar-refractivity contribution in [3.05, 3.63) is 129 Å². The number of aryl methyl sites for hydroxylation is 1. The number of fused-ring (bicyclic) bond motifs is 2. The SMILES string of the molecule is Cc1cccc2nc(C(=O)NC3CCC(n4c(=O)c5cc(F)cnc5n(-c5cccc(-c6ccc(CN7CCNCC7)cc6)c5)c4=O)CC3)cn12. The number of rotatable bonds is 7. The molecule has 2 fully saturated rings. The monoisotopic (exact) mass is 686 g/mol. The van der Waals surface area contributed by atoms with Crippen LogP contribution in [-0.2, 0) is 6.54 Å². The predicted molar refractivity (Wildman–Crippen MR) is 194 cm³/mol. The van der Waals surface area contributed by atoms with Crippen LogP contribution in [0.25, 0.3) is 33.5 Å². The Kier molecular flexibility index (Phi) is 8.78. The molecule has 2 N–H and O–H groups in total. The fourth-order valence-electron chi connectivity index (χ4n) is 7.49. The summed E-state index contributed by atoms with van der Waals surface area (Å²) in [6.07, 6.45) is 4.86. The van der Waals surface area contributed by atoms with E-state index < -0.39 is 23.1 Å². The van der Waals surface area contributed by atoms with Crippen LogP contribution in [0.15, 0.2) is 94.8 Å². The van der Waals surface area contributed by atoms with E-state index in [9.17, 15) is 18.8 Å². The van der Waals surface area contributed by atoms with Gasteiger partial charge in [0.2, 0.25) is 0 Å². The highest BCUT2D eigenvalue weighted by Gasteiger charge is 2.29. The van der Waals surface area contributed by atoms with E-state index in [1.54, 1.807) is 12.3 Å². The number of nitrogens with one attached hydrogen (secondary N) is 2. The zero-order valence-electron chi connectivity index (χ0n) is 28.4. The molecule has 1 saturated carbocycles. The molecule has 8 rings (SSSR count). The lowest BCUT2D eigenvalue weighted by Gasteiger charge is -2.30. The van der Waals surface area contributed by atoms with Gasteiger partial charge in [-0.3, -0.25) is 19.1 Å². The Morgan fingerprint density at radius 3 is 2.47 bits per heavy atom. The van der Waals surface area contributed by atoms with Gasteiger partial charge in [0.05, 0.1) is 17.3 Å². The highest BCUT2D eigenvalue weighted by atomic mass is 19.1. The third-order valence-corrected chi connectivity index (χ3v) is 10.2. The average molecular weight is 687 g/mol. The molecule has 0 unspecified atom stereocenters. The first-order valence-corrected chi connectivity index (χ1v) is 17.5. The Balaban J connectivity index is 1.06. The number of nitrogens with zero attached hydrogens (tertiary/aromatic N) is 6. The number of amides is 1. The largest absolute Gasteiger partial charge is 0.348 e. The number of carbonyl (C=O) groups excluding carboxylic acids is 1. The second-order valence-electron chi connectivity index (χ2n) is 13.6. The molecule has 0 spiro atoms. The molecule has 1 aliphatic carbocycles. The lowest BCUT2D eigenvalue weighted by Crippen LogP contribution is -2.45.